The van der Waals surface area contributed by atoms with E-state index >= 15 is 0 Å². The maximum absolute atomic E-state index is 12.1. The van der Waals surface area contributed by atoms with Crippen molar-refractivity contribution >= 4 is 11.6 Å². The van der Waals surface area contributed by atoms with Crippen LogP contribution in [0.15, 0.2) is 18.2 Å². The fourth-order valence-corrected chi connectivity index (χ4v) is 1.86. The molecule has 1 aliphatic rings. The van der Waals surface area contributed by atoms with E-state index in [4.69, 9.17) is 4.74 Å². The average molecular weight is 248 g/mol. The van der Waals surface area contributed by atoms with Crippen molar-refractivity contribution in [2.75, 3.05) is 25.0 Å². The Hall–Kier alpha value is -1.71. The summed E-state index contributed by atoms with van der Waals surface area (Å²) in [6, 6.07) is 5.61. The maximum atomic E-state index is 12.1. The number of anilines is 1. The number of benzene rings is 1. The second kappa shape index (κ2) is 5.76. The predicted octanol–water partition coefficient (Wildman–Crippen LogP) is 2.27. The van der Waals surface area contributed by atoms with Crippen LogP contribution in [0.4, 0.5) is 5.69 Å². The number of amides is 1. The predicted molar refractivity (Wildman–Crippen MR) is 72.2 cm³/mol. The molecular formula is C14H20N2O2. The first-order chi connectivity index (χ1) is 8.72. The van der Waals surface area contributed by atoms with E-state index in [0.717, 1.165) is 18.7 Å². The van der Waals surface area contributed by atoms with Crippen molar-refractivity contribution in [3.63, 3.8) is 0 Å². The zero-order valence-electron chi connectivity index (χ0n) is 11.0. The second-order valence-electron chi connectivity index (χ2n) is 4.68. The lowest BCUT2D eigenvalue weighted by Crippen LogP contribution is -2.29. The first kappa shape index (κ1) is 12.7. The number of carbonyl (C=O) groups is 1. The quantitative estimate of drug-likeness (QED) is 0.859. The van der Waals surface area contributed by atoms with Crippen LogP contribution in [0, 0.1) is 5.92 Å². The molecule has 0 saturated heterocycles. The highest BCUT2D eigenvalue weighted by molar-refractivity contribution is 5.98. The minimum atomic E-state index is -0.0594. The molecule has 0 aliphatic carbocycles. The largest absolute Gasteiger partial charge is 0.489 e. The Labute approximate surface area is 108 Å². The zero-order chi connectivity index (χ0) is 13.0. The number of ether oxygens (including phenoxy) is 1. The van der Waals surface area contributed by atoms with Crippen molar-refractivity contribution in [2.24, 2.45) is 5.92 Å². The highest BCUT2D eigenvalue weighted by Gasteiger charge is 2.18. The van der Waals surface area contributed by atoms with E-state index in [1.807, 2.05) is 12.1 Å². The first-order valence-electron chi connectivity index (χ1n) is 6.50. The molecule has 1 aliphatic heterocycles. The summed E-state index contributed by atoms with van der Waals surface area (Å²) < 4.78 is 5.59. The Morgan fingerprint density at radius 2 is 2.39 bits per heavy atom. The molecule has 0 fully saturated rings. The maximum Gasteiger partial charge on any atom is 0.255 e. The van der Waals surface area contributed by atoms with Gasteiger partial charge in [-0.15, -0.1) is 0 Å². The fraction of sp³-hybridized carbons (Fsp3) is 0.500. The normalized spacial score (nSPS) is 15.0. The molecule has 0 aromatic heterocycles. The topological polar surface area (TPSA) is 50.4 Å². The summed E-state index contributed by atoms with van der Waals surface area (Å²) >= 11 is 0. The Kier molecular flexibility index (Phi) is 4.07. The minimum absolute atomic E-state index is 0.0594. The van der Waals surface area contributed by atoms with Gasteiger partial charge in [0.25, 0.3) is 5.91 Å². The van der Waals surface area contributed by atoms with E-state index in [-0.39, 0.29) is 5.91 Å². The molecule has 1 aromatic carbocycles. The van der Waals surface area contributed by atoms with Crippen LogP contribution < -0.4 is 15.4 Å². The van der Waals surface area contributed by atoms with E-state index in [9.17, 15) is 4.79 Å². The lowest BCUT2D eigenvalue weighted by molar-refractivity contribution is 0.0943. The van der Waals surface area contributed by atoms with Gasteiger partial charge in [-0.05, 0) is 18.1 Å². The van der Waals surface area contributed by atoms with Crippen LogP contribution in [0.25, 0.3) is 0 Å². The molecule has 98 valence electrons. The van der Waals surface area contributed by atoms with Crippen molar-refractivity contribution < 1.29 is 9.53 Å². The van der Waals surface area contributed by atoms with Gasteiger partial charge in [-0.1, -0.05) is 26.3 Å². The lowest BCUT2D eigenvalue weighted by atomic mass is 10.1. The Morgan fingerprint density at radius 3 is 3.17 bits per heavy atom. The molecule has 2 N–H and O–H groups in total. The smallest absolute Gasteiger partial charge is 0.255 e. The number of fused-ring (bicyclic) bond motifs is 1. The molecule has 2 rings (SSSR count). The standard InChI is InChI=1S/C14H20N2O2/c1-3-10(2)9-16-14(17)11-5-4-6-12-13(11)18-8-7-15-12/h4-6,10,15H,3,7-9H2,1-2H3,(H,16,17). The first-order valence-corrected chi connectivity index (χ1v) is 6.50. The summed E-state index contributed by atoms with van der Waals surface area (Å²) in [5, 5.41) is 6.18. The van der Waals surface area contributed by atoms with Crippen molar-refractivity contribution in [3.05, 3.63) is 23.8 Å². The van der Waals surface area contributed by atoms with Gasteiger partial charge in [0, 0.05) is 13.1 Å². The fourth-order valence-electron chi connectivity index (χ4n) is 1.86. The van der Waals surface area contributed by atoms with Crippen LogP contribution in [0.1, 0.15) is 30.6 Å². The Balaban J connectivity index is 2.10. The molecule has 0 saturated carbocycles. The van der Waals surface area contributed by atoms with Crippen molar-refractivity contribution in [1.82, 2.24) is 5.32 Å². The number of nitrogens with one attached hydrogen (secondary N) is 2. The summed E-state index contributed by atoms with van der Waals surface area (Å²) in [5.41, 5.74) is 1.51. The van der Waals surface area contributed by atoms with Gasteiger partial charge in [0.05, 0.1) is 11.3 Å². The molecular weight excluding hydrogens is 228 g/mol. The van der Waals surface area contributed by atoms with Crippen LogP contribution in [0.3, 0.4) is 0 Å². The molecule has 1 unspecified atom stereocenters. The highest BCUT2D eigenvalue weighted by atomic mass is 16.5. The number of hydrogen-bond donors (Lipinski definition) is 2. The third-order valence-corrected chi connectivity index (χ3v) is 3.23. The molecule has 1 aromatic rings. The van der Waals surface area contributed by atoms with Crippen LogP contribution in [0.2, 0.25) is 0 Å². The van der Waals surface area contributed by atoms with Crippen LogP contribution in [-0.4, -0.2) is 25.6 Å². The van der Waals surface area contributed by atoms with Crippen molar-refractivity contribution in [3.8, 4) is 5.75 Å². The monoisotopic (exact) mass is 248 g/mol. The molecule has 0 radical (unpaired) electrons. The zero-order valence-corrected chi connectivity index (χ0v) is 11.0. The average Bonchev–Trinajstić information content (AvgIpc) is 2.43. The van der Waals surface area contributed by atoms with Crippen LogP contribution in [-0.2, 0) is 0 Å². The summed E-state index contributed by atoms with van der Waals surface area (Å²) in [7, 11) is 0. The summed E-state index contributed by atoms with van der Waals surface area (Å²) in [5.74, 6) is 1.11. The number of rotatable bonds is 4. The second-order valence-corrected chi connectivity index (χ2v) is 4.68. The Bertz CT molecular complexity index is 432. The number of carbonyl (C=O) groups excluding carboxylic acids is 1. The van der Waals surface area contributed by atoms with Crippen molar-refractivity contribution in [2.45, 2.75) is 20.3 Å². The van der Waals surface area contributed by atoms with Crippen LogP contribution >= 0.6 is 0 Å². The van der Waals surface area contributed by atoms with E-state index < -0.39 is 0 Å². The van der Waals surface area contributed by atoms with E-state index in [0.29, 0.717) is 30.4 Å². The number of para-hydroxylation sites is 1. The van der Waals surface area contributed by atoms with Gasteiger partial charge in [0.15, 0.2) is 5.75 Å². The van der Waals surface area contributed by atoms with Crippen molar-refractivity contribution in [1.29, 1.82) is 0 Å². The third-order valence-electron chi connectivity index (χ3n) is 3.23. The molecule has 4 nitrogen and oxygen atoms in total. The van der Waals surface area contributed by atoms with E-state index in [1.165, 1.54) is 0 Å². The van der Waals surface area contributed by atoms with Gasteiger partial charge in [-0.3, -0.25) is 4.79 Å². The number of hydrogen-bond acceptors (Lipinski definition) is 3. The molecule has 0 spiro atoms. The molecule has 1 heterocycles. The molecule has 0 bridgehead atoms. The molecule has 4 heteroatoms. The highest BCUT2D eigenvalue weighted by Crippen LogP contribution is 2.31. The van der Waals surface area contributed by atoms with Gasteiger partial charge in [-0.2, -0.15) is 0 Å². The van der Waals surface area contributed by atoms with E-state index in [1.54, 1.807) is 6.07 Å². The van der Waals surface area contributed by atoms with Gasteiger partial charge >= 0.3 is 0 Å². The minimum Gasteiger partial charge on any atom is -0.489 e. The van der Waals surface area contributed by atoms with Gasteiger partial charge in [-0.25, -0.2) is 0 Å². The molecule has 18 heavy (non-hydrogen) atoms. The van der Waals surface area contributed by atoms with Gasteiger partial charge < -0.3 is 15.4 Å². The van der Waals surface area contributed by atoms with Gasteiger partial charge in [0.1, 0.15) is 6.61 Å². The summed E-state index contributed by atoms with van der Waals surface area (Å²) in [6.07, 6.45) is 1.06. The SMILES string of the molecule is CCC(C)CNC(=O)c1cccc2c1OCCN2. The summed E-state index contributed by atoms with van der Waals surface area (Å²) in [6.45, 7) is 6.33. The molecule has 1 amide bonds. The summed E-state index contributed by atoms with van der Waals surface area (Å²) in [4.78, 5) is 12.1. The van der Waals surface area contributed by atoms with Gasteiger partial charge in [0.2, 0.25) is 0 Å². The third kappa shape index (κ3) is 2.75. The van der Waals surface area contributed by atoms with E-state index in [2.05, 4.69) is 24.5 Å². The Morgan fingerprint density at radius 1 is 1.56 bits per heavy atom. The lowest BCUT2D eigenvalue weighted by Gasteiger charge is -2.21. The van der Waals surface area contributed by atoms with Crippen LogP contribution in [0.5, 0.6) is 5.75 Å². The molecule has 1 atom stereocenters.